The summed E-state index contributed by atoms with van der Waals surface area (Å²) in [5, 5.41) is 3.73. The van der Waals surface area contributed by atoms with E-state index in [4.69, 9.17) is 11.6 Å². The van der Waals surface area contributed by atoms with Crippen molar-refractivity contribution in [3.63, 3.8) is 0 Å². The molecule has 0 bridgehead atoms. The van der Waals surface area contributed by atoms with E-state index >= 15 is 0 Å². The Morgan fingerprint density at radius 2 is 2.00 bits per heavy atom. The van der Waals surface area contributed by atoms with E-state index in [1.54, 1.807) is 12.1 Å². The number of H-pyrrole nitrogens is 1. The molecule has 8 heteroatoms. The van der Waals surface area contributed by atoms with Crippen LogP contribution in [0.2, 0.25) is 5.02 Å². The van der Waals surface area contributed by atoms with Crippen LogP contribution in [0.15, 0.2) is 46.1 Å². The molecule has 0 saturated heterocycles. The number of amides is 1. The van der Waals surface area contributed by atoms with Gasteiger partial charge in [0.15, 0.2) is 0 Å². The van der Waals surface area contributed by atoms with E-state index in [1.807, 2.05) is 19.1 Å². The fourth-order valence-corrected chi connectivity index (χ4v) is 3.17. The average molecular weight is 385 g/mol. The Balaban J connectivity index is 1.65. The Labute approximate surface area is 159 Å². The van der Waals surface area contributed by atoms with Crippen LogP contribution >= 0.6 is 11.6 Å². The van der Waals surface area contributed by atoms with Gasteiger partial charge < -0.3 is 5.32 Å². The van der Waals surface area contributed by atoms with E-state index in [9.17, 15) is 14.4 Å². The summed E-state index contributed by atoms with van der Waals surface area (Å²) in [5.41, 5.74) is 0.473. The van der Waals surface area contributed by atoms with E-state index in [2.05, 4.69) is 15.3 Å². The monoisotopic (exact) mass is 384 g/mol. The quantitative estimate of drug-likeness (QED) is 0.722. The number of halogens is 1. The second-order valence-corrected chi connectivity index (χ2v) is 7.14. The van der Waals surface area contributed by atoms with Gasteiger partial charge >= 0.3 is 5.69 Å². The van der Waals surface area contributed by atoms with Crippen LogP contribution in [0, 0.1) is 0 Å². The highest BCUT2D eigenvalue weighted by Crippen LogP contribution is 2.34. The normalized spacial score (nSPS) is 14.9. The lowest BCUT2D eigenvalue weighted by molar-refractivity contribution is 0.0939. The van der Waals surface area contributed by atoms with Crippen LogP contribution in [0.3, 0.4) is 0 Å². The molecule has 7 nitrogen and oxygen atoms in total. The highest BCUT2D eigenvalue weighted by atomic mass is 35.5. The Morgan fingerprint density at radius 3 is 2.67 bits per heavy atom. The van der Waals surface area contributed by atoms with Crippen LogP contribution < -0.4 is 16.6 Å². The maximum absolute atomic E-state index is 12.6. The number of carbonyl (C=O) groups excluding carboxylic acids is 1. The van der Waals surface area contributed by atoms with Crippen LogP contribution in [-0.4, -0.2) is 20.4 Å². The minimum absolute atomic E-state index is 0.0638. The van der Waals surface area contributed by atoms with Crippen molar-refractivity contribution in [2.75, 3.05) is 0 Å². The number of nitrogens with zero attached hydrogens (tertiary/aromatic N) is 2. The van der Waals surface area contributed by atoms with E-state index in [0.717, 1.165) is 18.4 Å². The zero-order chi connectivity index (χ0) is 19.1. The van der Waals surface area contributed by atoms with Crippen LogP contribution in [0.4, 0.5) is 0 Å². The van der Waals surface area contributed by atoms with Gasteiger partial charge in [-0.2, -0.15) is 0 Å². The number of benzene rings is 1. The van der Waals surface area contributed by atoms with Crippen molar-refractivity contribution >= 4 is 28.5 Å². The van der Waals surface area contributed by atoms with Crippen molar-refractivity contribution in [3.8, 4) is 0 Å². The smallest absolute Gasteiger partial charge is 0.330 e. The second kappa shape index (κ2) is 6.66. The summed E-state index contributed by atoms with van der Waals surface area (Å²) in [7, 11) is 0. The van der Waals surface area contributed by atoms with Crippen LogP contribution in [-0.2, 0) is 0 Å². The van der Waals surface area contributed by atoms with Gasteiger partial charge in [-0.3, -0.25) is 19.1 Å². The molecular weight excluding hydrogens is 368 g/mol. The molecule has 3 aromatic rings. The van der Waals surface area contributed by atoms with E-state index < -0.39 is 11.2 Å². The third-order valence-electron chi connectivity index (χ3n) is 4.67. The third kappa shape index (κ3) is 3.38. The standard InChI is InChI=1S/C19H17ClN4O3/c1-10(11-2-4-13(20)5-3-11)22-17(25)12-8-15-16(21-9-12)24(14-6-7-14)19(27)23-18(15)26/h2-5,8-10,14H,6-7H2,1H3,(H,22,25)(H,23,26,27). The topological polar surface area (TPSA) is 96.8 Å². The molecule has 4 rings (SSSR count). The van der Waals surface area contributed by atoms with Gasteiger partial charge in [-0.25, -0.2) is 9.78 Å². The molecule has 2 heterocycles. The van der Waals surface area contributed by atoms with Gasteiger partial charge in [-0.05, 0) is 43.5 Å². The molecule has 2 N–H and O–H groups in total. The lowest BCUT2D eigenvalue weighted by atomic mass is 10.1. The summed E-state index contributed by atoms with van der Waals surface area (Å²) < 4.78 is 1.49. The van der Waals surface area contributed by atoms with Crippen LogP contribution in [0.1, 0.15) is 47.8 Å². The van der Waals surface area contributed by atoms with Gasteiger partial charge in [0.05, 0.1) is 17.0 Å². The van der Waals surface area contributed by atoms with Gasteiger partial charge in [0.2, 0.25) is 0 Å². The minimum Gasteiger partial charge on any atom is -0.345 e. The Bertz CT molecular complexity index is 1150. The fraction of sp³-hybridized carbons (Fsp3) is 0.263. The van der Waals surface area contributed by atoms with Crippen molar-refractivity contribution in [1.29, 1.82) is 0 Å². The second-order valence-electron chi connectivity index (χ2n) is 6.70. The first-order valence-electron chi connectivity index (χ1n) is 8.65. The first-order chi connectivity index (χ1) is 12.9. The molecule has 1 atom stereocenters. The summed E-state index contributed by atoms with van der Waals surface area (Å²) in [4.78, 5) is 43.4. The van der Waals surface area contributed by atoms with Crippen molar-refractivity contribution in [3.05, 3.63) is 73.5 Å². The minimum atomic E-state index is -0.542. The maximum atomic E-state index is 12.6. The number of carbonyl (C=O) groups is 1. The van der Waals surface area contributed by atoms with Gasteiger partial charge in [0, 0.05) is 17.3 Å². The first kappa shape index (κ1) is 17.5. The van der Waals surface area contributed by atoms with E-state index in [-0.39, 0.29) is 28.9 Å². The molecule has 0 spiro atoms. The Morgan fingerprint density at radius 1 is 1.30 bits per heavy atom. The molecule has 1 unspecified atom stereocenters. The number of nitrogens with one attached hydrogen (secondary N) is 2. The average Bonchev–Trinajstić information content (AvgIpc) is 3.47. The summed E-state index contributed by atoms with van der Waals surface area (Å²) in [6, 6.07) is 8.49. The number of aromatic amines is 1. The molecule has 1 aliphatic carbocycles. The number of rotatable bonds is 4. The molecule has 0 radical (unpaired) electrons. The van der Waals surface area contributed by atoms with Gasteiger partial charge in [0.1, 0.15) is 5.65 Å². The third-order valence-corrected chi connectivity index (χ3v) is 4.92. The molecule has 1 amide bonds. The number of aromatic nitrogens is 3. The highest BCUT2D eigenvalue weighted by Gasteiger charge is 2.27. The molecule has 1 aliphatic rings. The van der Waals surface area contributed by atoms with Gasteiger partial charge in [-0.15, -0.1) is 0 Å². The van der Waals surface area contributed by atoms with Crippen molar-refractivity contribution in [2.45, 2.75) is 31.8 Å². The van der Waals surface area contributed by atoms with Gasteiger partial charge in [-0.1, -0.05) is 23.7 Å². The Kier molecular flexibility index (Phi) is 4.31. The number of fused-ring (bicyclic) bond motifs is 1. The number of pyridine rings is 1. The van der Waals surface area contributed by atoms with Crippen LogP contribution in [0.25, 0.3) is 11.0 Å². The molecule has 138 valence electrons. The largest absolute Gasteiger partial charge is 0.345 e. The summed E-state index contributed by atoms with van der Waals surface area (Å²) >= 11 is 5.89. The first-order valence-corrected chi connectivity index (χ1v) is 9.03. The number of hydrogen-bond acceptors (Lipinski definition) is 4. The molecular formula is C19H17ClN4O3. The van der Waals surface area contributed by atoms with E-state index in [1.165, 1.54) is 16.8 Å². The predicted octanol–water partition coefficient (Wildman–Crippen LogP) is 2.56. The fourth-order valence-electron chi connectivity index (χ4n) is 3.05. The number of hydrogen-bond donors (Lipinski definition) is 2. The molecule has 1 fully saturated rings. The summed E-state index contributed by atoms with van der Waals surface area (Å²) in [6.07, 6.45) is 3.15. The molecule has 2 aromatic heterocycles. The molecule has 27 heavy (non-hydrogen) atoms. The zero-order valence-corrected chi connectivity index (χ0v) is 15.3. The SMILES string of the molecule is CC(NC(=O)c1cnc2c(c1)c(=O)[nH]c(=O)n2C1CC1)c1ccc(Cl)cc1. The van der Waals surface area contributed by atoms with Crippen LogP contribution in [0.5, 0.6) is 0 Å². The molecule has 0 aliphatic heterocycles. The maximum Gasteiger partial charge on any atom is 0.330 e. The molecule has 1 aromatic carbocycles. The van der Waals surface area contributed by atoms with E-state index in [0.29, 0.717) is 10.7 Å². The highest BCUT2D eigenvalue weighted by molar-refractivity contribution is 6.30. The lowest BCUT2D eigenvalue weighted by Gasteiger charge is -2.15. The molecule has 1 saturated carbocycles. The zero-order valence-electron chi connectivity index (χ0n) is 14.5. The Hall–Kier alpha value is -2.93. The lowest BCUT2D eigenvalue weighted by Crippen LogP contribution is -2.31. The predicted molar refractivity (Wildman–Crippen MR) is 102 cm³/mol. The summed E-state index contributed by atoms with van der Waals surface area (Å²) in [5.74, 6) is -0.351. The van der Waals surface area contributed by atoms with Crippen molar-refractivity contribution < 1.29 is 4.79 Å². The summed E-state index contributed by atoms with van der Waals surface area (Å²) in [6.45, 7) is 1.85. The van der Waals surface area contributed by atoms with Gasteiger partial charge in [0.25, 0.3) is 11.5 Å². The van der Waals surface area contributed by atoms with Crippen molar-refractivity contribution in [1.82, 2.24) is 19.9 Å². The van der Waals surface area contributed by atoms with Crippen molar-refractivity contribution in [2.24, 2.45) is 0 Å².